The van der Waals surface area contributed by atoms with E-state index in [4.69, 9.17) is 12.2 Å². The average Bonchev–Trinajstić information content (AvgIpc) is 2.82. The second kappa shape index (κ2) is 4.49. The van der Waals surface area contributed by atoms with E-state index in [1.54, 1.807) is 12.3 Å². The van der Waals surface area contributed by atoms with Gasteiger partial charge in [0.2, 0.25) is 0 Å². The number of pyridine rings is 1. The van der Waals surface area contributed by atoms with Crippen molar-refractivity contribution in [3.8, 4) is 5.69 Å². The fraction of sp³-hybridized carbons (Fsp3) is 0. The van der Waals surface area contributed by atoms with Crippen LogP contribution >= 0.6 is 12.2 Å². The molecule has 0 spiro atoms. The number of aromatic amines is 1. The van der Waals surface area contributed by atoms with Crippen LogP contribution in [0.3, 0.4) is 0 Å². The lowest BCUT2D eigenvalue weighted by atomic mass is 10.2. The summed E-state index contributed by atoms with van der Waals surface area (Å²) in [6.07, 6.45) is 1.76. The van der Waals surface area contributed by atoms with E-state index in [2.05, 4.69) is 9.97 Å². The largest absolute Gasteiger partial charge is 0.330 e. The zero-order valence-electron chi connectivity index (χ0n) is 10.9. The lowest BCUT2D eigenvalue weighted by Gasteiger charge is -2.06. The van der Waals surface area contributed by atoms with Gasteiger partial charge in [0.1, 0.15) is 5.82 Å². The van der Waals surface area contributed by atoms with Crippen LogP contribution in [0, 0.1) is 10.6 Å². The summed E-state index contributed by atoms with van der Waals surface area (Å²) in [5, 5.41) is 1.02. The molecule has 1 N–H and O–H groups in total. The first-order chi connectivity index (χ1) is 10.2. The van der Waals surface area contributed by atoms with Crippen molar-refractivity contribution in [3.63, 3.8) is 0 Å². The summed E-state index contributed by atoms with van der Waals surface area (Å²) < 4.78 is 15.9. The number of aromatic nitrogens is 3. The summed E-state index contributed by atoms with van der Waals surface area (Å²) >= 11 is 5.37. The Morgan fingerprint density at radius 2 is 2.00 bits per heavy atom. The van der Waals surface area contributed by atoms with Crippen LogP contribution in [0.2, 0.25) is 0 Å². The highest BCUT2D eigenvalue weighted by molar-refractivity contribution is 7.71. The number of hydrogen-bond acceptors (Lipinski definition) is 2. The fourth-order valence-electron chi connectivity index (χ4n) is 2.53. The molecule has 0 aliphatic carbocycles. The van der Waals surface area contributed by atoms with E-state index in [1.165, 1.54) is 12.1 Å². The average molecular weight is 295 g/mol. The summed E-state index contributed by atoms with van der Waals surface area (Å²) in [5.74, 6) is -0.285. The van der Waals surface area contributed by atoms with E-state index < -0.39 is 0 Å². The van der Waals surface area contributed by atoms with Crippen molar-refractivity contribution in [2.45, 2.75) is 0 Å². The minimum Gasteiger partial charge on any atom is -0.330 e. The Hall–Kier alpha value is -2.53. The van der Waals surface area contributed by atoms with E-state index in [-0.39, 0.29) is 5.82 Å². The first kappa shape index (κ1) is 12.2. The smallest absolute Gasteiger partial charge is 0.182 e. The Kier molecular flexibility index (Phi) is 2.62. The number of nitrogens with one attached hydrogen (secondary N) is 1. The summed E-state index contributed by atoms with van der Waals surface area (Å²) in [5.41, 5.74) is 3.34. The Bertz CT molecular complexity index is 1030. The molecule has 0 saturated heterocycles. The normalized spacial score (nSPS) is 11.3. The molecule has 0 amide bonds. The third kappa shape index (κ3) is 1.94. The van der Waals surface area contributed by atoms with Crippen LogP contribution in [0.1, 0.15) is 0 Å². The molecule has 0 radical (unpaired) electrons. The summed E-state index contributed by atoms with van der Waals surface area (Å²) in [4.78, 5) is 7.40. The summed E-state index contributed by atoms with van der Waals surface area (Å²) in [6.45, 7) is 0. The molecule has 102 valence electrons. The molecule has 3 nitrogen and oxygen atoms in total. The van der Waals surface area contributed by atoms with Gasteiger partial charge in [-0.2, -0.15) is 0 Å². The zero-order chi connectivity index (χ0) is 14.4. The number of hydrogen-bond donors (Lipinski definition) is 1. The third-order valence-electron chi connectivity index (χ3n) is 3.49. The number of halogens is 1. The predicted molar refractivity (Wildman–Crippen MR) is 83.7 cm³/mol. The van der Waals surface area contributed by atoms with Gasteiger partial charge in [0.05, 0.1) is 16.6 Å². The van der Waals surface area contributed by atoms with Gasteiger partial charge in [-0.05, 0) is 48.6 Å². The number of nitrogens with zero attached hydrogens (tertiary/aromatic N) is 2. The number of imidazole rings is 1. The molecule has 0 atom stereocenters. The first-order valence-corrected chi connectivity index (χ1v) is 6.89. The Morgan fingerprint density at radius 3 is 2.90 bits per heavy atom. The van der Waals surface area contributed by atoms with Crippen molar-refractivity contribution in [2.24, 2.45) is 0 Å². The fourth-order valence-corrected chi connectivity index (χ4v) is 2.85. The number of H-pyrrole nitrogens is 1. The maximum atomic E-state index is 13.5. The van der Waals surface area contributed by atoms with Gasteiger partial charge >= 0.3 is 0 Å². The van der Waals surface area contributed by atoms with E-state index in [0.29, 0.717) is 4.77 Å². The lowest BCUT2D eigenvalue weighted by Crippen LogP contribution is -1.94. The van der Waals surface area contributed by atoms with Crippen LogP contribution in [0.4, 0.5) is 4.39 Å². The highest BCUT2D eigenvalue weighted by Gasteiger charge is 2.08. The third-order valence-corrected chi connectivity index (χ3v) is 3.77. The van der Waals surface area contributed by atoms with Crippen LogP contribution in [-0.2, 0) is 0 Å². The molecule has 0 aliphatic rings. The van der Waals surface area contributed by atoms with Gasteiger partial charge in [0.15, 0.2) is 4.77 Å². The van der Waals surface area contributed by atoms with Crippen molar-refractivity contribution in [1.82, 2.24) is 14.5 Å². The highest BCUT2D eigenvalue weighted by atomic mass is 32.1. The van der Waals surface area contributed by atoms with Crippen LogP contribution in [-0.4, -0.2) is 14.5 Å². The molecular weight excluding hydrogens is 285 g/mol. The van der Waals surface area contributed by atoms with E-state index in [9.17, 15) is 4.39 Å². The van der Waals surface area contributed by atoms with Crippen molar-refractivity contribution >= 4 is 34.2 Å². The summed E-state index contributed by atoms with van der Waals surface area (Å²) in [7, 11) is 0. The highest BCUT2D eigenvalue weighted by Crippen LogP contribution is 2.23. The molecule has 0 aliphatic heterocycles. The van der Waals surface area contributed by atoms with Gasteiger partial charge in [-0.25, -0.2) is 4.39 Å². The Labute approximate surface area is 124 Å². The minimum atomic E-state index is -0.285. The Morgan fingerprint density at radius 1 is 1.10 bits per heavy atom. The second-order valence-corrected chi connectivity index (χ2v) is 5.19. The molecule has 5 heteroatoms. The van der Waals surface area contributed by atoms with Gasteiger partial charge in [-0.3, -0.25) is 9.55 Å². The van der Waals surface area contributed by atoms with Crippen molar-refractivity contribution in [3.05, 3.63) is 65.3 Å². The van der Waals surface area contributed by atoms with Gasteiger partial charge in [0, 0.05) is 23.3 Å². The standard InChI is InChI=1S/C16H10FN3S/c17-11-3-5-14-15(9-11)20(16(21)19-14)12-4-6-13-10(8-12)2-1-7-18-13/h1-9H,(H,19,21). The van der Waals surface area contributed by atoms with E-state index in [1.807, 2.05) is 34.9 Å². The molecule has 0 bridgehead atoms. The molecular formula is C16H10FN3S. The molecule has 2 aromatic heterocycles. The molecule has 21 heavy (non-hydrogen) atoms. The monoisotopic (exact) mass is 295 g/mol. The van der Waals surface area contributed by atoms with Gasteiger partial charge in [0.25, 0.3) is 0 Å². The quantitative estimate of drug-likeness (QED) is 0.529. The number of fused-ring (bicyclic) bond motifs is 2. The number of benzene rings is 2. The topological polar surface area (TPSA) is 33.6 Å². The van der Waals surface area contributed by atoms with Gasteiger partial charge < -0.3 is 4.98 Å². The molecule has 0 saturated carbocycles. The maximum Gasteiger partial charge on any atom is 0.182 e. The predicted octanol–water partition coefficient (Wildman–Crippen LogP) is 4.38. The molecule has 0 unspecified atom stereocenters. The first-order valence-electron chi connectivity index (χ1n) is 6.48. The Balaban J connectivity index is 2.05. The van der Waals surface area contributed by atoms with Crippen molar-refractivity contribution < 1.29 is 4.39 Å². The molecule has 4 aromatic rings. The molecule has 2 aromatic carbocycles. The lowest BCUT2D eigenvalue weighted by molar-refractivity contribution is 0.629. The van der Waals surface area contributed by atoms with Crippen LogP contribution < -0.4 is 0 Å². The number of rotatable bonds is 1. The summed E-state index contributed by atoms with van der Waals surface area (Å²) in [6, 6.07) is 14.3. The van der Waals surface area contributed by atoms with Crippen LogP contribution in [0.15, 0.2) is 54.7 Å². The molecule has 2 heterocycles. The minimum absolute atomic E-state index is 0.285. The molecule has 0 fully saturated rings. The molecule has 4 rings (SSSR count). The van der Waals surface area contributed by atoms with Gasteiger partial charge in [-0.1, -0.05) is 6.07 Å². The van der Waals surface area contributed by atoms with Crippen molar-refractivity contribution in [1.29, 1.82) is 0 Å². The van der Waals surface area contributed by atoms with Crippen LogP contribution in [0.25, 0.3) is 27.6 Å². The van der Waals surface area contributed by atoms with Crippen LogP contribution in [0.5, 0.6) is 0 Å². The maximum absolute atomic E-state index is 13.5. The SMILES string of the molecule is Fc1ccc2[nH]c(=S)n(-c3ccc4ncccc4c3)c2c1. The van der Waals surface area contributed by atoms with E-state index >= 15 is 0 Å². The van der Waals surface area contributed by atoms with Crippen molar-refractivity contribution in [2.75, 3.05) is 0 Å². The zero-order valence-corrected chi connectivity index (χ0v) is 11.7. The second-order valence-electron chi connectivity index (χ2n) is 4.81. The van der Waals surface area contributed by atoms with Gasteiger partial charge in [-0.15, -0.1) is 0 Å². The van der Waals surface area contributed by atoms with E-state index in [0.717, 1.165) is 27.6 Å².